The van der Waals surface area contributed by atoms with Crippen LogP contribution in [0.5, 0.6) is 0 Å². The predicted octanol–water partition coefficient (Wildman–Crippen LogP) is 3.00. The van der Waals surface area contributed by atoms with Gasteiger partial charge in [-0.2, -0.15) is 0 Å². The molecule has 1 aromatic heterocycles. The fraction of sp³-hybridized carbons (Fsp3) is 0.810. The van der Waals surface area contributed by atoms with Crippen LogP contribution >= 0.6 is 0 Å². The van der Waals surface area contributed by atoms with Crippen molar-refractivity contribution in [1.82, 2.24) is 24.7 Å². The van der Waals surface area contributed by atoms with Crippen LogP contribution in [0.15, 0.2) is 23.7 Å². The van der Waals surface area contributed by atoms with E-state index in [1.54, 1.807) is 0 Å². The lowest BCUT2D eigenvalue weighted by molar-refractivity contribution is 0.185. The first kappa shape index (κ1) is 20.2. The van der Waals surface area contributed by atoms with Gasteiger partial charge in [0.05, 0.1) is 12.4 Å². The first-order valence-electron chi connectivity index (χ1n) is 10.8. The maximum absolute atomic E-state index is 4.55. The molecule has 2 aliphatic rings. The van der Waals surface area contributed by atoms with Crippen molar-refractivity contribution in [1.29, 1.82) is 0 Å². The normalized spacial score (nSPS) is 25.2. The number of aromatic nitrogens is 2. The molecule has 3 rings (SSSR count). The predicted molar refractivity (Wildman–Crippen MR) is 112 cm³/mol. The second kappa shape index (κ2) is 10.1. The van der Waals surface area contributed by atoms with Gasteiger partial charge in [-0.1, -0.05) is 26.2 Å². The molecule has 1 N–H and O–H groups in total. The van der Waals surface area contributed by atoms with E-state index in [1.807, 2.05) is 19.6 Å². The molecule has 0 radical (unpaired) electrons. The Bertz CT molecular complexity index is 563. The summed E-state index contributed by atoms with van der Waals surface area (Å²) in [6.45, 7) is 6.58. The van der Waals surface area contributed by atoms with E-state index in [9.17, 15) is 0 Å². The van der Waals surface area contributed by atoms with Gasteiger partial charge in [-0.15, -0.1) is 0 Å². The van der Waals surface area contributed by atoms with Gasteiger partial charge < -0.3 is 19.7 Å². The lowest BCUT2D eigenvalue weighted by Crippen LogP contribution is -2.49. The SMILES string of the molecule is CN=C(NCCCN(C)C1CCCCC1)N1CCC(C)C(n2ccnc2)C1. The lowest BCUT2D eigenvalue weighted by Gasteiger charge is -2.39. The first-order chi connectivity index (χ1) is 13.2. The third kappa shape index (κ3) is 5.47. The minimum atomic E-state index is 0.470. The number of hydrogen-bond donors (Lipinski definition) is 1. The molecular formula is C21H38N6. The van der Waals surface area contributed by atoms with E-state index in [1.165, 1.54) is 51.5 Å². The van der Waals surface area contributed by atoms with Crippen LogP contribution in [0.1, 0.15) is 57.9 Å². The average Bonchev–Trinajstić information content (AvgIpc) is 3.24. The summed E-state index contributed by atoms with van der Waals surface area (Å²) in [6.07, 6.45) is 15.3. The van der Waals surface area contributed by atoms with Crippen LogP contribution in [0.25, 0.3) is 0 Å². The van der Waals surface area contributed by atoms with Gasteiger partial charge >= 0.3 is 0 Å². The molecule has 152 valence electrons. The molecule has 1 saturated heterocycles. The maximum Gasteiger partial charge on any atom is 0.193 e. The molecule has 1 aliphatic heterocycles. The summed E-state index contributed by atoms with van der Waals surface area (Å²) in [5.41, 5.74) is 0. The highest BCUT2D eigenvalue weighted by Gasteiger charge is 2.28. The molecule has 1 aliphatic carbocycles. The van der Waals surface area contributed by atoms with E-state index in [2.05, 4.69) is 49.8 Å². The summed E-state index contributed by atoms with van der Waals surface area (Å²) in [6, 6.07) is 1.27. The molecule has 2 fully saturated rings. The van der Waals surface area contributed by atoms with Crippen molar-refractivity contribution >= 4 is 5.96 Å². The number of likely N-dealkylation sites (tertiary alicyclic amines) is 1. The number of aliphatic imine (C=N–C) groups is 1. The number of nitrogens with zero attached hydrogens (tertiary/aromatic N) is 5. The van der Waals surface area contributed by atoms with Crippen LogP contribution in [0.3, 0.4) is 0 Å². The minimum Gasteiger partial charge on any atom is -0.356 e. The van der Waals surface area contributed by atoms with Gasteiger partial charge in [-0.3, -0.25) is 4.99 Å². The zero-order valence-corrected chi connectivity index (χ0v) is 17.5. The van der Waals surface area contributed by atoms with Crippen molar-refractivity contribution in [2.45, 2.75) is 64.0 Å². The van der Waals surface area contributed by atoms with Crippen LogP contribution < -0.4 is 5.32 Å². The average molecular weight is 375 g/mol. The number of guanidine groups is 1. The summed E-state index contributed by atoms with van der Waals surface area (Å²) < 4.78 is 2.25. The third-order valence-electron chi connectivity index (χ3n) is 6.51. The second-order valence-electron chi connectivity index (χ2n) is 8.39. The highest BCUT2D eigenvalue weighted by Crippen LogP contribution is 2.27. The van der Waals surface area contributed by atoms with Crippen molar-refractivity contribution in [3.63, 3.8) is 0 Å². The Morgan fingerprint density at radius 2 is 2.07 bits per heavy atom. The largest absolute Gasteiger partial charge is 0.356 e. The molecule has 0 spiro atoms. The summed E-state index contributed by atoms with van der Waals surface area (Å²) in [5.74, 6) is 1.71. The van der Waals surface area contributed by atoms with Crippen LogP contribution in [0.4, 0.5) is 0 Å². The van der Waals surface area contributed by atoms with Crippen LogP contribution in [0, 0.1) is 5.92 Å². The van der Waals surface area contributed by atoms with Crippen molar-refractivity contribution in [3.05, 3.63) is 18.7 Å². The smallest absolute Gasteiger partial charge is 0.193 e. The summed E-state index contributed by atoms with van der Waals surface area (Å²) >= 11 is 0. The van der Waals surface area contributed by atoms with Gasteiger partial charge in [0.25, 0.3) is 0 Å². The Morgan fingerprint density at radius 1 is 1.26 bits per heavy atom. The first-order valence-corrected chi connectivity index (χ1v) is 10.8. The van der Waals surface area contributed by atoms with Crippen molar-refractivity contribution in [2.75, 3.05) is 40.3 Å². The van der Waals surface area contributed by atoms with E-state index in [0.29, 0.717) is 12.0 Å². The number of piperidine rings is 1. The third-order valence-corrected chi connectivity index (χ3v) is 6.51. The molecule has 6 nitrogen and oxygen atoms in total. The second-order valence-corrected chi connectivity index (χ2v) is 8.39. The highest BCUT2D eigenvalue weighted by atomic mass is 15.3. The van der Waals surface area contributed by atoms with E-state index in [0.717, 1.165) is 31.6 Å². The van der Waals surface area contributed by atoms with Crippen molar-refractivity contribution in [3.8, 4) is 0 Å². The summed E-state index contributed by atoms with van der Waals surface area (Å²) in [5, 5.41) is 3.60. The number of imidazole rings is 1. The van der Waals surface area contributed by atoms with Gasteiger partial charge in [0, 0.05) is 45.1 Å². The standard InChI is InChI=1S/C21H38N6/c1-18-10-14-26(16-20(18)27-15-12-23-17-27)21(22-2)24-11-7-13-25(3)19-8-5-4-6-9-19/h12,15,17-20H,4-11,13-14,16H2,1-3H3,(H,22,24). The Hall–Kier alpha value is -1.56. The molecule has 2 unspecified atom stereocenters. The lowest BCUT2D eigenvalue weighted by atomic mass is 9.93. The molecular weight excluding hydrogens is 336 g/mol. The summed E-state index contributed by atoms with van der Waals surface area (Å²) in [4.78, 5) is 13.8. The molecule has 6 heteroatoms. The molecule has 27 heavy (non-hydrogen) atoms. The quantitative estimate of drug-likeness (QED) is 0.472. The van der Waals surface area contributed by atoms with Crippen LogP contribution in [-0.4, -0.2) is 71.6 Å². The van der Waals surface area contributed by atoms with Crippen LogP contribution in [0.2, 0.25) is 0 Å². The monoisotopic (exact) mass is 374 g/mol. The molecule has 0 aromatic carbocycles. The molecule has 1 saturated carbocycles. The Labute approximate surface area is 165 Å². The van der Waals surface area contributed by atoms with Gasteiger partial charge in [0.1, 0.15) is 0 Å². The Balaban J connectivity index is 1.43. The highest BCUT2D eigenvalue weighted by molar-refractivity contribution is 5.80. The number of nitrogens with one attached hydrogen (secondary N) is 1. The van der Waals surface area contributed by atoms with Gasteiger partial charge in [0.15, 0.2) is 5.96 Å². The fourth-order valence-electron chi connectivity index (χ4n) is 4.66. The summed E-state index contributed by atoms with van der Waals surface area (Å²) in [7, 11) is 4.20. The van der Waals surface area contributed by atoms with E-state index < -0.39 is 0 Å². The zero-order valence-electron chi connectivity index (χ0n) is 17.5. The van der Waals surface area contributed by atoms with Crippen molar-refractivity contribution < 1.29 is 0 Å². The number of rotatable bonds is 6. The maximum atomic E-state index is 4.55. The molecule has 2 heterocycles. The van der Waals surface area contributed by atoms with Crippen LogP contribution in [-0.2, 0) is 0 Å². The number of hydrogen-bond acceptors (Lipinski definition) is 3. The molecule has 1 aromatic rings. The van der Waals surface area contributed by atoms with E-state index >= 15 is 0 Å². The Morgan fingerprint density at radius 3 is 2.78 bits per heavy atom. The molecule has 2 atom stereocenters. The van der Waals surface area contributed by atoms with Gasteiger partial charge in [-0.25, -0.2) is 4.98 Å². The van der Waals surface area contributed by atoms with E-state index in [4.69, 9.17) is 0 Å². The molecule has 0 amide bonds. The van der Waals surface area contributed by atoms with Gasteiger partial charge in [-0.05, 0) is 45.2 Å². The van der Waals surface area contributed by atoms with Crippen molar-refractivity contribution in [2.24, 2.45) is 10.9 Å². The van der Waals surface area contributed by atoms with E-state index in [-0.39, 0.29) is 0 Å². The topological polar surface area (TPSA) is 48.7 Å². The minimum absolute atomic E-state index is 0.470. The Kier molecular flexibility index (Phi) is 7.56. The van der Waals surface area contributed by atoms with Gasteiger partial charge in [0.2, 0.25) is 0 Å². The zero-order chi connectivity index (χ0) is 19.1. The fourth-order valence-corrected chi connectivity index (χ4v) is 4.66. The molecule has 0 bridgehead atoms.